The highest BCUT2D eigenvalue weighted by molar-refractivity contribution is 6.30. The van der Waals surface area contributed by atoms with Gasteiger partial charge in [-0.15, -0.1) is 0 Å². The van der Waals surface area contributed by atoms with Crippen molar-refractivity contribution in [3.8, 4) is 5.75 Å². The summed E-state index contributed by atoms with van der Waals surface area (Å²) in [5, 5.41) is 0.571. The van der Waals surface area contributed by atoms with E-state index in [2.05, 4.69) is 0 Å². The summed E-state index contributed by atoms with van der Waals surface area (Å²) in [7, 11) is 0. The first-order valence-corrected chi connectivity index (χ1v) is 10.3. The van der Waals surface area contributed by atoms with E-state index in [9.17, 15) is 14.4 Å². The number of ketones is 1. The van der Waals surface area contributed by atoms with Gasteiger partial charge in [-0.1, -0.05) is 11.6 Å². The minimum absolute atomic E-state index is 0.0567. The Morgan fingerprint density at radius 2 is 1.52 bits per heavy atom. The van der Waals surface area contributed by atoms with Crippen molar-refractivity contribution in [2.75, 3.05) is 11.5 Å². The zero-order valence-corrected chi connectivity index (χ0v) is 16.5. The van der Waals surface area contributed by atoms with E-state index in [4.69, 9.17) is 16.3 Å². The van der Waals surface area contributed by atoms with Gasteiger partial charge in [-0.2, -0.15) is 0 Å². The Hall–Kier alpha value is -2.66. The number of anilines is 1. The van der Waals surface area contributed by atoms with Crippen LogP contribution < -0.4 is 9.64 Å². The number of amides is 2. The lowest BCUT2D eigenvalue weighted by Gasteiger charge is -2.19. The number of rotatable bonds is 5. The average Bonchev–Trinajstić information content (AvgIpc) is 3.41. The number of hydrogen-bond acceptors (Lipinski definition) is 4. The molecule has 4 atom stereocenters. The summed E-state index contributed by atoms with van der Waals surface area (Å²) < 4.78 is 5.57. The number of carbonyl (C=O) groups is 3. The zero-order chi connectivity index (χ0) is 20.1. The molecule has 148 valence electrons. The molecule has 2 aromatic rings. The molecule has 3 aliphatic rings. The Labute approximate surface area is 173 Å². The van der Waals surface area contributed by atoms with Crippen molar-refractivity contribution in [2.45, 2.75) is 19.3 Å². The van der Waals surface area contributed by atoms with E-state index in [0.717, 1.165) is 19.3 Å². The monoisotopic (exact) mass is 409 g/mol. The van der Waals surface area contributed by atoms with Gasteiger partial charge in [-0.25, -0.2) is 0 Å². The zero-order valence-electron chi connectivity index (χ0n) is 15.7. The Morgan fingerprint density at radius 1 is 0.931 bits per heavy atom. The van der Waals surface area contributed by atoms with Gasteiger partial charge in [-0.05, 0) is 79.6 Å². The predicted octanol–water partition coefficient (Wildman–Crippen LogP) is 4.14. The van der Waals surface area contributed by atoms with Gasteiger partial charge in [0, 0.05) is 10.6 Å². The molecule has 2 amide bonds. The number of carbonyl (C=O) groups excluding carboxylic acids is 3. The number of fused-ring (bicyclic) bond motifs is 5. The molecule has 1 aliphatic heterocycles. The first-order valence-electron chi connectivity index (χ1n) is 9.92. The third-order valence-corrected chi connectivity index (χ3v) is 6.81. The van der Waals surface area contributed by atoms with Crippen LogP contribution in [0.4, 0.5) is 5.69 Å². The molecular formula is C23H20ClNO4. The van der Waals surface area contributed by atoms with E-state index >= 15 is 0 Å². The largest absolute Gasteiger partial charge is 0.485 e. The van der Waals surface area contributed by atoms with E-state index < -0.39 is 0 Å². The van der Waals surface area contributed by atoms with E-state index in [0.29, 0.717) is 33.9 Å². The normalized spacial score (nSPS) is 27.4. The van der Waals surface area contributed by atoms with Crippen LogP contribution in [0, 0.1) is 23.7 Å². The molecule has 3 fully saturated rings. The summed E-state index contributed by atoms with van der Waals surface area (Å²) >= 11 is 5.83. The van der Waals surface area contributed by atoms with Gasteiger partial charge in [0.15, 0.2) is 12.4 Å². The third kappa shape index (κ3) is 3.04. The molecule has 29 heavy (non-hydrogen) atoms. The van der Waals surface area contributed by atoms with Crippen LogP contribution in [-0.2, 0) is 9.59 Å². The van der Waals surface area contributed by atoms with Gasteiger partial charge < -0.3 is 4.74 Å². The predicted molar refractivity (Wildman–Crippen MR) is 108 cm³/mol. The van der Waals surface area contributed by atoms with Gasteiger partial charge in [-0.3, -0.25) is 19.3 Å². The molecule has 1 heterocycles. The summed E-state index contributed by atoms with van der Waals surface area (Å²) in [5.41, 5.74) is 1.10. The molecule has 1 saturated heterocycles. The maximum absolute atomic E-state index is 12.9. The Morgan fingerprint density at radius 3 is 2.10 bits per heavy atom. The molecule has 0 aromatic heterocycles. The lowest BCUT2D eigenvalue weighted by atomic mass is 9.81. The van der Waals surface area contributed by atoms with E-state index in [1.165, 1.54) is 4.90 Å². The van der Waals surface area contributed by atoms with Gasteiger partial charge in [0.05, 0.1) is 17.5 Å². The quantitative estimate of drug-likeness (QED) is 0.550. The number of halogens is 1. The van der Waals surface area contributed by atoms with Gasteiger partial charge >= 0.3 is 0 Å². The maximum atomic E-state index is 12.9. The molecule has 2 aliphatic carbocycles. The van der Waals surface area contributed by atoms with E-state index in [1.807, 2.05) is 0 Å². The van der Waals surface area contributed by atoms with Crippen molar-refractivity contribution in [1.82, 2.24) is 0 Å². The van der Waals surface area contributed by atoms with Gasteiger partial charge in [0.25, 0.3) is 0 Å². The minimum atomic E-state index is -0.154. The van der Waals surface area contributed by atoms with E-state index in [-0.39, 0.29) is 36.0 Å². The first-order chi connectivity index (χ1) is 14.0. The standard InChI is InChI=1S/C23H20ClNO4/c24-16-5-3-13(4-6-16)19(26)12-29-18-9-7-17(8-10-18)25-22(27)20-14-1-2-15(11-14)21(20)23(25)28/h3-10,14-15,20-21H,1-2,11-12H2/t14-,15+,20+,21-. The summed E-state index contributed by atoms with van der Waals surface area (Å²) in [4.78, 5) is 39.3. The number of hydrogen-bond donors (Lipinski definition) is 0. The van der Waals surface area contributed by atoms with Crippen LogP contribution in [0.5, 0.6) is 5.75 Å². The van der Waals surface area contributed by atoms with Crippen LogP contribution in [0.15, 0.2) is 48.5 Å². The van der Waals surface area contributed by atoms with Crippen molar-refractivity contribution < 1.29 is 19.1 Å². The molecule has 0 N–H and O–H groups in total. The van der Waals surface area contributed by atoms with Crippen LogP contribution in [-0.4, -0.2) is 24.2 Å². The number of nitrogens with zero attached hydrogens (tertiary/aromatic N) is 1. The molecule has 2 aromatic carbocycles. The third-order valence-electron chi connectivity index (χ3n) is 6.56. The molecule has 0 unspecified atom stereocenters. The molecule has 2 saturated carbocycles. The SMILES string of the molecule is O=C(COc1ccc(N2C(=O)[C@@H]3[C@H]4CC[C@H](C4)[C@@H]3C2=O)cc1)c1ccc(Cl)cc1. The van der Waals surface area contributed by atoms with E-state index in [1.54, 1.807) is 48.5 Å². The summed E-state index contributed by atoms with van der Waals surface area (Å²) in [6.45, 7) is -0.101. The number of ether oxygens (including phenoxy) is 1. The Balaban J connectivity index is 1.26. The second-order valence-electron chi connectivity index (χ2n) is 8.11. The smallest absolute Gasteiger partial charge is 0.237 e. The summed E-state index contributed by atoms with van der Waals surface area (Å²) in [6, 6.07) is 13.4. The van der Waals surface area contributed by atoms with Gasteiger partial charge in [0.1, 0.15) is 5.75 Å². The highest BCUT2D eigenvalue weighted by Gasteiger charge is 2.61. The molecule has 6 heteroatoms. The van der Waals surface area contributed by atoms with Crippen LogP contribution in [0.1, 0.15) is 29.6 Å². The molecular weight excluding hydrogens is 390 g/mol. The Kier molecular flexibility index (Phi) is 4.43. The van der Waals surface area contributed by atoms with Crippen molar-refractivity contribution in [3.63, 3.8) is 0 Å². The molecule has 0 spiro atoms. The topological polar surface area (TPSA) is 63.7 Å². The lowest BCUT2D eigenvalue weighted by Crippen LogP contribution is -2.32. The van der Waals surface area contributed by atoms with Gasteiger partial charge in [0.2, 0.25) is 11.8 Å². The minimum Gasteiger partial charge on any atom is -0.485 e. The van der Waals surface area contributed by atoms with Crippen LogP contribution in [0.25, 0.3) is 0 Å². The van der Waals surface area contributed by atoms with Crippen LogP contribution in [0.3, 0.4) is 0 Å². The highest BCUT2D eigenvalue weighted by Crippen LogP contribution is 2.56. The molecule has 5 nitrogen and oxygen atoms in total. The van der Waals surface area contributed by atoms with Crippen LogP contribution >= 0.6 is 11.6 Å². The first kappa shape index (κ1) is 18.4. The maximum Gasteiger partial charge on any atom is 0.237 e. The van der Waals surface area contributed by atoms with Crippen molar-refractivity contribution in [1.29, 1.82) is 0 Å². The second-order valence-corrected chi connectivity index (χ2v) is 8.55. The average molecular weight is 410 g/mol. The summed E-state index contributed by atoms with van der Waals surface area (Å²) in [5.74, 6) is 0.719. The molecule has 5 rings (SSSR count). The van der Waals surface area contributed by atoms with Crippen molar-refractivity contribution in [3.05, 3.63) is 59.1 Å². The van der Waals surface area contributed by atoms with Crippen molar-refractivity contribution >= 4 is 34.9 Å². The van der Waals surface area contributed by atoms with Crippen LogP contribution in [0.2, 0.25) is 5.02 Å². The lowest BCUT2D eigenvalue weighted by molar-refractivity contribution is -0.123. The number of benzene rings is 2. The highest BCUT2D eigenvalue weighted by atomic mass is 35.5. The summed E-state index contributed by atoms with van der Waals surface area (Å²) in [6.07, 6.45) is 3.15. The number of Topliss-reactive ketones (excluding diaryl/α,β-unsaturated/α-hetero) is 1. The fourth-order valence-electron chi connectivity index (χ4n) is 5.22. The number of imide groups is 1. The molecule has 2 bridgehead atoms. The second kappa shape index (κ2) is 6.99. The molecule has 0 radical (unpaired) electrons. The Bertz CT molecular complexity index is 957. The fraction of sp³-hybridized carbons (Fsp3) is 0.348. The van der Waals surface area contributed by atoms with Crippen molar-refractivity contribution in [2.24, 2.45) is 23.7 Å². The fourth-order valence-corrected chi connectivity index (χ4v) is 5.35.